The maximum absolute atomic E-state index is 12.8. The van der Waals surface area contributed by atoms with Crippen molar-refractivity contribution in [3.8, 4) is 0 Å². The first-order chi connectivity index (χ1) is 9.46. The van der Waals surface area contributed by atoms with Crippen molar-refractivity contribution in [2.24, 2.45) is 0 Å². The van der Waals surface area contributed by atoms with Crippen LogP contribution in [0.3, 0.4) is 0 Å². The summed E-state index contributed by atoms with van der Waals surface area (Å²) in [6, 6.07) is 4.69. The molecule has 1 heterocycles. The molecule has 1 aromatic rings. The molecule has 0 aliphatic carbocycles. The number of piperidine rings is 1. The van der Waals surface area contributed by atoms with Crippen LogP contribution in [-0.2, 0) is 10.0 Å². The van der Waals surface area contributed by atoms with Crippen molar-refractivity contribution in [3.05, 3.63) is 23.2 Å². The van der Waals surface area contributed by atoms with E-state index in [-0.39, 0.29) is 16.6 Å². The SMILES string of the molecule is CCCC1CCCCN1S(=O)(=O)c1cc(Cl)ccc1N. The second-order valence-electron chi connectivity index (χ2n) is 5.24. The summed E-state index contributed by atoms with van der Waals surface area (Å²) in [7, 11) is -3.56. The Labute approximate surface area is 126 Å². The van der Waals surface area contributed by atoms with Crippen molar-refractivity contribution in [3.63, 3.8) is 0 Å². The van der Waals surface area contributed by atoms with E-state index < -0.39 is 10.0 Å². The Morgan fingerprint density at radius 1 is 1.40 bits per heavy atom. The molecule has 6 heteroatoms. The Morgan fingerprint density at radius 3 is 2.85 bits per heavy atom. The molecule has 1 aliphatic rings. The number of nitrogen functional groups attached to an aromatic ring is 1. The highest BCUT2D eigenvalue weighted by atomic mass is 35.5. The number of benzene rings is 1. The zero-order valence-electron chi connectivity index (χ0n) is 11.7. The molecular formula is C14H21ClN2O2S. The summed E-state index contributed by atoms with van der Waals surface area (Å²) in [5, 5.41) is 0.391. The molecule has 0 radical (unpaired) electrons. The van der Waals surface area contributed by atoms with Gasteiger partial charge in [0.15, 0.2) is 0 Å². The van der Waals surface area contributed by atoms with Gasteiger partial charge >= 0.3 is 0 Å². The van der Waals surface area contributed by atoms with E-state index in [1.165, 1.54) is 6.07 Å². The second-order valence-corrected chi connectivity index (χ2v) is 7.53. The molecule has 2 rings (SSSR count). The quantitative estimate of drug-likeness (QED) is 0.867. The van der Waals surface area contributed by atoms with Gasteiger partial charge in [-0.1, -0.05) is 31.4 Å². The van der Waals surface area contributed by atoms with Gasteiger partial charge in [0.2, 0.25) is 10.0 Å². The van der Waals surface area contributed by atoms with Crippen LogP contribution in [0.2, 0.25) is 5.02 Å². The summed E-state index contributed by atoms with van der Waals surface area (Å²) < 4.78 is 27.3. The molecule has 1 unspecified atom stereocenters. The van der Waals surface area contributed by atoms with Gasteiger partial charge in [-0.25, -0.2) is 8.42 Å². The van der Waals surface area contributed by atoms with Crippen molar-refractivity contribution in [2.45, 2.75) is 50.0 Å². The fraction of sp³-hybridized carbons (Fsp3) is 0.571. The van der Waals surface area contributed by atoms with Gasteiger partial charge in [-0.15, -0.1) is 0 Å². The average Bonchev–Trinajstić information content (AvgIpc) is 2.42. The van der Waals surface area contributed by atoms with Crippen LogP contribution in [0, 0.1) is 0 Å². The van der Waals surface area contributed by atoms with Crippen molar-refractivity contribution in [1.29, 1.82) is 0 Å². The fourth-order valence-corrected chi connectivity index (χ4v) is 4.87. The summed E-state index contributed by atoms with van der Waals surface area (Å²) in [5.74, 6) is 0. The minimum Gasteiger partial charge on any atom is -0.398 e. The third-order valence-electron chi connectivity index (χ3n) is 3.76. The van der Waals surface area contributed by atoms with Crippen LogP contribution in [-0.4, -0.2) is 25.3 Å². The van der Waals surface area contributed by atoms with Gasteiger partial charge in [-0.2, -0.15) is 4.31 Å². The number of sulfonamides is 1. The number of halogens is 1. The second kappa shape index (κ2) is 6.33. The minimum absolute atomic E-state index is 0.0807. The lowest BCUT2D eigenvalue weighted by molar-refractivity contribution is 0.239. The molecule has 1 fully saturated rings. The fourth-order valence-electron chi connectivity index (χ4n) is 2.77. The summed E-state index contributed by atoms with van der Waals surface area (Å²) >= 11 is 5.92. The number of rotatable bonds is 4. The summed E-state index contributed by atoms with van der Waals surface area (Å²) in [6.45, 7) is 2.64. The Bertz CT molecular complexity index is 573. The molecule has 0 aromatic heterocycles. The van der Waals surface area contributed by atoms with Gasteiger partial charge in [0, 0.05) is 17.6 Å². The lowest BCUT2D eigenvalue weighted by Gasteiger charge is -2.34. The molecule has 0 saturated carbocycles. The number of hydrogen-bond donors (Lipinski definition) is 1. The molecule has 1 atom stereocenters. The number of hydrogen-bond acceptors (Lipinski definition) is 3. The Morgan fingerprint density at radius 2 is 2.15 bits per heavy atom. The first kappa shape index (κ1) is 15.6. The van der Waals surface area contributed by atoms with Gasteiger partial charge in [0.1, 0.15) is 4.90 Å². The zero-order chi connectivity index (χ0) is 14.8. The molecule has 1 saturated heterocycles. The molecular weight excluding hydrogens is 296 g/mol. The van der Waals surface area contributed by atoms with Crippen LogP contribution in [0.15, 0.2) is 23.1 Å². The summed E-state index contributed by atoms with van der Waals surface area (Å²) in [6.07, 6.45) is 4.77. The van der Waals surface area contributed by atoms with E-state index in [2.05, 4.69) is 6.92 Å². The van der Waals surface area contributed by atoms with E-state index in [0.717, 1.165) is 32.1 Å². The highest BCUT2D eigenvalue weighted by Crippen LogP contribution is 2.31. The Balaban J connectivity index is 2.39. The largest absolute Gasteiger partial charge is 0.398 e. The first-order valence-corrected chi connectivity index (χ1v) is 8.85. The van der Waals surface area contributed by atoms with Crippen molar-refractivity contribution < 1.29 is 8.42 Å². The van der Waals surface area contributed by atoms with Crippen LogP contribution in [0.1, 0.15) is 39.0 Å². The van der Waals surface area contributed by atoms with Crippen LogP contribution in [0.25, 0.3) is 0 Å². The molecule has 0 bridgehead atoms. The standard InChI is InChI=1S/C14H21ClN2O2S/c1-2-5-12-6-3-4-9-17(12)20(18,19)14-10-11(15)7-8-13(14)16/h7-8,10,12H,2-6,9,16H2,1H3. The number of anilines is 1. The van der Waals surface area contributed by atoms with E-state index in [9.17, 15) is 8.42 Å². The number of nitrogens with zero attached hydrogens (tertiary/aromatic N) is 1. The Hall–Kier alpha value is -0.780. The van der Waals surface area contributed by atoms with E-state index in [1.54, 1.807) is 16.4 Å². The molecule has 0 spiro atoms. The van der Waals surface area contributed by atoms with E-state index in [0.29, 0.717) is 11.6 Å². The smallest absolute Gasteiger partial charge is 0.245 e. The van der Waals surface area contributed by atoms with Crippen molar-refractivity contribution >= 4 is 27.3 Å². The van der Waals surface area contributed by atoms with Gasteiger partial charge in [-0.05, 0) is 37.5 Å². The molecule has 20 heavy (non-hydrogen) atoms. The van der Waals surface area contributed by atoms with E-state index >= 15 is 0 Å². The Kier molecular flexibility index (Phi) is 4.94. The zero-order valence-corrected chi connectivity index (χ0v) is 13.3. The van der Waals surface area contributed by atoms with Crippen LogP contribution in [0.4, 0.5) is 5.69 Å². The molecule has 112 valence electrons. The monoisotopic (exact) mass is 316 g/mol. The lowest BCUT2D eigenvalue weighted by Crippen LogP contribution is -2.43. The van der Waals surface area contributed by atoms with Gasteiger partial charge in [-0.3, -0.25) is 0 Å². The predicted molar refractivity (Wildman–Crippen MR) is 82.3 cm³/mol. The third kappa shape index (κ3) is 3.10. The predicted octanol–water partition coefficient (Wildman–Crippen LogP) is 3.27. The summed E-state index contributed by atoms with van der Waals surface area (Å²) in [4.78, 5) is 0.132. The normalized spacial score (nSPS) is 21.0. The highest BCUT2D eigenvalue weighted by Gasteiger charge is 2.34. The van der Waals surface area contributed by atoms with Gasteiger partial charge in [0.05, 0.1) is 5.69 Å². The molecule has 1 aliphatic heterocycles. The minimum atomic E-state index is -3.56. The first-order valence-electron chi connectivity index (χ1n) is 7.03. The topological polar surface area (TPSA) is 63.4 Å². The number of nitrogens with two attached hydrogens (primary N) is 1. The maximum atomic E-state index is 12.8. The van der Waals surface area contributed by atoms with Crippen LogP contribution >= 0.6 is 11.6 Å². The van der Waals surface area contributed by atoms with Crippen molar-refractivity contribution in [1.82, 2.24) is 4.31 Å². The average molecular weight is 317 g/mol. The van der Waals surface area contributed by atoms with Crippen LogP contribution in [0.5, 0.6) is 0 Å². The lowest BCUT2D eigenvalue weighted by atomic mass is 10.0. The van der Waals surface area contributed by atoms with E-state index in [1.807, 2.05) is 0 Å². The van der Waals surface area contributed by atoms with E-state index in [4.69, 9.17) is 17.3 Å². The van der Waals surface area contributed by atoms with Gasteiger partial charge in [0.25, 0.3) is 0 Å². The molecule has 0 amide bonds. The van der Waals surface area contributed by atoms with Crippen LogP contribution < -0.4 is 5.73 Å². The molecule has 1 aromatic carbocycles. The van der Waals surface area contributed by atoms with Gasteiger partial charge < -0.3 is 5.73 Å². The summed E-state index contributed by atoms with van der Waals surface area (Å²) in [5.41, 5.74) is 6.10. The highest BCUT2D eigenvalue weighted by molar-refractivity contribution is 7.89. The van der Waals surface area contributed by atoms with Crippen molar-refractivity contribution in [2.75, 3.05) is 12.3 Å². The molecule has 4 nitrogen and oxygen atoms in total. The maximum Gasteiger partial charge on any atom is 0.245 e. The third-order valence-corrected chi connectivity index (χ3v) is 6.00. The molecule has 2 N–H and O–H groups in total.